The highest BCUT2D eigenvalue weighted by Crippen LogP contribution is 2.08. The first-order valence-corrected chi connectivity index (χ1v) is 4.85. The third-order valence-electron chi connectivity index (χ3n) is 2.05. The molecular formula is C11H13F2NO2. The van der Waals surface area contributed by atoms with Gasteiger partial charge in [0.2, 0.25) is 0 Å². The molecule has 0 atom stereocenters. The van der Waals surface area contributed by atoms with Crippen LogP contribution in [0, 0.1) is 11.6 Å². The maximum absolute atomic E-state index is 12.8. The van der Waals surface area contributed by atoms with Gasteiger partial charge in [-0.1, -0.05) is 6.07 Å². The van der Waals surface area contributed by atoms with Crippen molar-refractivity contribution in [3.05, 3.63) is 35.4 Å². The molecule has 0 heterocycles. The Balaban J connectivity index is 2.32. The van der Waals surface area contributed by atoms with Gasteiger partial charge in [-0.3, -0.25) is 4.79 Å². The molecule has 5 heteroatoms. The number of methoxy groups -OCH3 is 1. The summed E-state index contributed by atoms with van der Waals surface area (Å²) in [5.41, 5.74) is 0.628. The summed E-state index contributed by atoms with van der Waals surface area (Å²) in [4.78, 5) is 10.8. The van der Waals surface area contributed by atoms with Gasteiger partial charge < -0.3 is 10.1 Å². The Labute approximate surface area is 92.4 Å². The van der Waals surface area contributed by atoms with E-state index in [2.05, 4.69) is 10.1 Å². The van der Waals surface area contributed by atoms with Crippen LogP contribution < -0.4 is 5.32 Å². The lowest BCUT2D eigenvalue weighted by molar-refractivity contribution is -0.140. The highest BCUT2D eigenvalue weighted by Gasteiger charge is 2.03. The van der Waals surface area contributed by atoms with Gasteiger partial charge in [0.1, 0.15) is 0 Å². The highest BCUT2D eigenvalue weighted by atomic mass is 19.2. The Morgan fingerprint density at radius 2 is 2.12 bits per heavy atom. The van der Waals surface area contributed by atoms with Crippen molar-refractivity contribution >= 4 is 5.97 Å². The number of carbonyl (C=O) groups is 1. The van der Waals surface area contributed by atoms with Crippen LogP contribution in [0.1, 0.15) is 12.0 Å². The summed E-state index contributed by atoms with van der Waals surface area (Å²) >= 11 is 0. The van der Waals surface area contributed by atoms with Gasteiger partial charge in [0, 0.05) is 13.1 Å². The van der Waals surface area contributed by atoms with Gasteiger partial charge in [-0.2, -0.15) is 0 Å². The van der Waals surface area contributed by atoms with Crippen molar-refractivity contribution in [2.24, 2.45) is 0 Å². The SMILES string of the molecule is COC(=O)CCNCc1ccc(F)c(F)c1. The fraction of sp³-hybridized carbons (Fsp3) is 0.364. The fourth-order valence-electron chi connectivity index (χ4n) is 1.17. The zero-order chi connectivity index (χ0) is 12.0. The van der Waals surface area contributed by atoms with Crippen molar-refractivity contribution < 1.29 is 18.3 Å². The van der Waals surface area contributed by atoms with Crippen molar-refractivity contribution in [1.82, 2.24) is 5.32 Å². The molecule has 1 N–H and O–H groups in total. The van der Waals surface area contributed by atoms with E-state index in [1.165, 1.54) is 13.2 Å². The van der Waals surface area contributed by atoms with E-state index in [4.69, 9.17) is 0 Å². The quantitative estimate of drug-likeness (QED) is 0.616. The number of hydrogen-bond donors (Lipinski definition) is 1. The predicted molar refractivity (Wildman–Crippen MR) is 54.7 cm³/mol. The lowest BCUT2D eigenvalue weighted by Crippen LogP contribution is -2.18. The van der Waals surface area contributed by atoms with Gasteiger partial charge in [-0.15, -0.1) is 0 Å². The average Bonchev–Trinajstić information content (AvgIpc) is 2.28. The molecule has 0 fully saturated rings. The van der Waals surface area contributed by atoms with Gasteiger partial charge in [0.05, 0.1) is 13.5 Å². The van der Waals surface area contributed by atoms with E-state index in [0.29, 0.717) is 18.7 Å². The smallest absolute Gasteiger partial charge is 0.306 e. The fourth-order valence-corrected chi connectivity index (χ4v) is 1.17. The van der Waals surface area contributed by atoms with Crippen molar-refractivity contribution in [2.75, 3.05) is 13.7 Å². The van der Waals surface area contributed by atoms with E-state index < -0.39 is 11.6 Å². The second-order valence-corrected chi connectivity index (χ2v) is 3.25. The van der Waals surface area contributed by atoms with Gasteiger partial charge in [0.15, 0.2) is 11.6 Å². The van der Waals surface area contributed by atoms with Crippen LogP contribution in [0.4, 0.5) is 8.78 Å². The van der Waals surface area contributed by atoms with E-state index >= 15 is 0 Å². The number of rotatable bonds is 5. The normalized spacial score (nSPS) is 10.2. The summed E-state index contributed by atoms with van der Waals surface area (Å²) in [7, 11) is 1.32. The topological polar surface area (TPSA) is 38.3 Å². The molecule has 0 radical (unpaired) electrons. The van der Waals surface area contributed by atoms with Gasteiger partial charge in [0.25, 0.3) is 0 Å². The Bertz CT molecular complexity index is 369. The van der Waals surface area contributed by atoms with Crippen LogP contribution in [0.3, 0.4) is 0 Å². The van der Waals surface area contributed by atoms with Crippen LogP contribution >= 0.6 is 0 Å². The van der Waals surface area contributed by atoms with Crippen LogP contribution in [0.15, 0.2) is 18.2 Å². The summed E-state index contributed by atoms with van der Waals surface area (Å²) in [6.45, 7) is 0.819. The molecule has 1 aromatic rings. The summed E-state index contributed by atoms with van der Waals surface area (Å²) in [5.74, 6) is -2.04. The molecule has 0 saturated heterocycles. The number of esters is 1. The molecule has 0 aromatic heterocycles. The molecule has 0 aliphatic heterocycles. The van der Waals surface area contributed by atoms with Gasteiger partial charge >= 0.3 is 5.97 Å². The van der Waals surface area contributed by atoms with Crippen molar-refractivity contribution in [1.29, 1.82) is 0 Å². The monoisotopic (exact) mass is 229 g/mol. The van der Waals surface area contributed by atoms with Crippen molar-refractivity contribution in [3.63, 3.8) is 0 Å². The number of ether oxygens (including phenoxy) is 1. The van der Waals surface area contributed by atoms with Crippen LogP contribution in [-0.2, 0) is 16.1 Å². The number of carbonyl (C=O) groups excluding carboxylic acids is 1. The first-order valence-electron chi connectivity index (χ1n) is 4.85. The number of nitrogens with one attached hydrogen (secondary N) is 1. The molecule has 3 nitrogen and oxygen atoms in total. The molecule has 0 spiro atoms. The average molecular weight is 229 g/mol. The van der Waals surface area contributed by atoms with E-state index in [9.17, 15) is 13.6 Å². The maximum atomic E-state index is 12.8. The second-order valence-electron chi connectivity index (χ2n) is 3.25. The molecule has 0 unspecified atom stereocenters. The standard InChI is InChI=1S/C11H13F2NO2/c1-16-11(15)4-5-14-7-8-2-3-9(12)10(13)6-8/h2-3,6,14H,4-5,7H2,1H3. The molecular weight excluding hydrogens is 216 g/mol. The minimum Gasteiger partial charge on any atom is -0.469 e. The highest BCUT2D eigenvalue weighted by molar-refractivity contribution is 5.69. The third-order valence-corrected chi connectivity index (χ3v) is 2.05. The summed E-state index contributed by atoms with van der Waals surface area (Å²) in [6, 6.07) is 3.69. The van der Waals surface area contributed by atoms with E-state index in [1.807, 2.05) is 0 Å². The van der Waals surface area contributed by atoms with Crippen molar-refractivity contribution in [2.45, 2.75) is 13.0 Å². The zero-order valence-electron chi connectivity index (χ0n) is 8.93. The largest absolute Gasteiger partial charge is 0.469 e. The number of halogens is 2. The predicted octanol–water partition coefficient (Wildman–Crippen LogP) is 1.62. The number of hydrogen-bond acceptors (Lipinski definition) is 3. The molecule has 1 aromatic carbocycles. The van der Waals surface area contributed by atoms with Gasteiger partial charge in [-0.25, -0.2) is 8.78 Å². The molecule has 0 bridgehead atoms. The molecule has 0 amide bonds. The first kappa shape index (κ1) is 12.6. The molecule has 0 aliphatic carbocycles. The Morgan fingerprint density at radius 3 is 2.75 bits per heavy atom. The molecule has 88 valence electrons. The second kappa shape index (κ2) is 6.17. The molecule has 16 heavy (non-hydrogen) atoms. The van der Waals surface area contributed by atoms with E-state index in [1.54, 1.807) is 0 Å². The van der Waals surface area contributed by atoms with E-state index in [-0.39, 0.29) is 12.4 Å². The van der Waals surface area contributed by atoms with Crippen LogP contribution in [0.2, 0.25) is 0 Å². The molecule has 0 saturated carbocycles. The lowest BCUT2D eigenvalue weighted by atomic mass is 10.2. The van der Waals surface area contributed by atoms with Crippen LogP contribution in [-0.4, -0.2) is 19.6 Å². The molecule has 0 aliphatic rings. The van der Waals surface area contributed by atoms with E-state index in [0.717, 1.165) is 12.1 Å². The van der Waals surface area contributed by atoms with Crippen LogP contribution in [0.25, 0.3) is 0 Å². The molecule has 1 rings (SSSR count). The zero-order valence-corrected chi connectivity index (χ0v) is 8.93. The Morgan fingerprint density at radius 1 is 1.38 bits per heavy atom. The van der Waals surface area contributed by atoms with Crippen molar-refractivity contribution in [3.8, 4) is 0 Å². The number of benzene rings is 1. The minimum atomic E-state index is -0.868. The van der Waals surface area contributed by atoms with Crippen LogP contribution in [0.5, 0.6) is 0 Å². The first-order chi connectivity index (χ1) is 7.63. The minimum absolute atomic E-state index is 0.250. The summed E-state index contributed by atoms with van der Waals surface area (Å²) in [5, 5.41) is 2.92. The Kier molecular flexibility index (Phi) is 4.85. The summed E-state index contributed by atoms with van der Waals surface area (Å²) < 4.78 is 29.8. The lowest BCUT2D eigenvalue weighted by Gasteiger charge is -2.04. The van der Waals surface area contributed by atoms with Gasteiger partial charge in [-0.05, 0) is 17.7 Å². The third kappa shape index (κ3) is 3.94. The Hall–Kier alpha value is -1.49. The maximum Gasteiger partial charge on any atom is 0.306 e. The summed E-state index contributed by atoms with van der Waals surface area (Å²) in [6.07, 6.45) is 0.250.